The van der Waals surface area contributed by atoms with E-state index in [4.69, 9.17) is 22.1 Å². The third-order valence-corrected chi connectivity index (χ3v) is 4.02. The van der Waals surface area contributed by atoms with Crippen LogP contribution in [0.5, 0.6) is 5.75 Å². The van der Waals surface area contributed by atoms with Gasteiger partial charge in [0.25, 0.3) is 0 Å². The number of nitrogen functional groups attached to an aromatic ring is 1. The van der Waals surface area contributed by atoms with Gasteiger partial charge in [-0.3, -0.25) is 0 Å². The Balaban J connectivity index is 2.55. The first-order valence-corrected chi connectivity index (χ1v) is 8.53. The molecule has 0 saturated heterocycles. The van der Waals surface area contributed by atoms with E-state index in [1.165, 1.54) is 13.2 Å². The van der Waals surface area contributed by atoms with Crippen LogP contribution in [0.25, 0.3) is 11.5 Å². The number of nitrogens with two attached hydrogens (primary N) is 1. The maximum atomic E-state index is 12.9. The Morgan fingerprint density at radius 3 is 1.80 bits per heavy atom. The minimum absolute atomic E-state index is 0.0231. The fourth-order valence-electron chi connectivity index (χ4n) is 1.96. The number of methoxy groups -OCH3 is 1. The van der Waals surface area contributed by atoms with Crippen LogP contribution >= 0.6 is 11.6 Å². The molecule has 0 spiro atoms. The number of nitrogens with one attached hydrogen (secondary N) is 2. The van der Waals surface area contributed by atoms with E-state index in [-0.39, 0.29) is 28.1 Å². The van der Waals surface area contributed by atoms with Crippen LogP contribution < -0.4 is 21.1 Å². The van der Waals surface area contributed by atoms with Crippen LogP contribution in [0.1, 0.15) is 13.8 Å². The normalized spacial score (nSPS) is 14.2. The molecule has 4 N–H and O–H groups in total. The zero-order chi connectivity index (χ0) is 22.9. The van der Waals surface area contributed by atoms with Crippen molar-refractivity contribution < 1.29 is 31.1 Å². The number of halogens is 7. The van der Waals surface area contributed by atoms with Crippen LogP contribution in [0, 0.1) is 0 Å². The van der Waals surface area contributed by atoms with Gasteiger partial charge in [-0.1, -0.05) is 11.6 Å². The highest BCUT2D eigenvalue weighted by atomic mass is 35.5. The molecule has 2 atom stereocenters. The highest BCUT2D eigenvalue weighted by Crippen LogP contribution is 2.32. The predicted octanol–water partition coefficient (Wildman–Crippen LogP) is 3.90. The van der Waals surface area contributed by atoms with Crippen LogP contribution in [0.2, 0.25) is 5.15 Å². The molecule has 2 rings (SSSR count). The molecule has 0 aromatic carbocycles. The fourth-order valence-corrected chi connectivity index (χ4v) is 2.14. The SMILES string of the molecule is COc1cc(-c2nc(NC(C)C(F)(F)F)nc(NC(C)C(F)(F)F)n2)nc(Cl)c1N. The molecule has 2 heterocycles. The van der Waals surface area contributed by atoms with E-state index < -0.39 is 36.3 Å². The van der Waals surface area contributed by atoms with E-state index in [2.05, 4.69) is 19.9 Å². The lowest BCUT2D eigenvalue weighted by Gasteiger charge is -2.20. The van der Waals surface area contributed by atoms with Crippen molar-refractivity contribution >= 4 is 29.2 Å². The molecule has 0 aliphatic heterocycles. The highest BCUT2D eigenvalue weighted by Gasteiger charge is 2.38. The second kappa shape index (κ2) is 8.53. The number of nitrogens with zero attached hydrogens (tertiary/aromatic N) is 4. The molecule has 2 unspecified atom stereocenters. The third-order valence-electron chi connectivity index (χ3n) is 3.73. The summed E-state index contributed by atoms with van der Waals surface area (Å²) in [6.45, 7) is 1.58. The summed E-state index contributed by atoms with van der Waals surface area (Å²) in [7, 11) is 1.27. The second-order valence-corrected chi connectivity index (χ2v) is 6.39. The molecule has 0 aliphatic carbocycles. The summed E-state index contributed by atoms with van der Waals surface area (Å²) in [4.78, 5) is 15.1. The minimum atomic E-state index is -4.66. The van der Waals surface area contributed by atoms with E-state index in [1.54, 1.807) is 0 Å². The minimum Gasteiger partial charge on any atom is -0.494 e. The number of anilines is 3. The predicted molar refractivity (Wildman–Crippen MR) is 97.3 cm³/mol. The summed E-state index contributed by atoms with van der Waals surface area (Å²) in [6.07, 6.45) is -9.32. The molecule has 0 saturated carbocycles. The molecular formula is C15H16ClF6N7O. The Hall–Kier alpha value is -2.77. The lowest BCUT2D eigenvalue weighted by molar-refractivity contribution is -0.139. The lowest BCUT2D eigenvalue weighted by Crippen LogP contribution is -2.35. The summed E-state index contributed by atoms with van der Waals surface area (Å²) < 4.78 is 82.2. The summed E-state index contributed by atoms with van der Waals surface area (Å²) >= 11 is 5.90. The van der Waals surface area contributed by atoms with Crippen molar-refractivity contribution in [1.82, 2.24) is 19.9 Å². The van der Waals surface area contributed by atoms with Gasteiger partial charge in [-0.05, 0) is 13.8 Å². The van der Waals surface area contributed by atoms with E-state index in [9.17, 15) is 26.3 Å². The average Bonchev–Trinajstić information content (AvgIpc) is 2.62. The van der Waals surface area contributed by atoms with E-state index in [0.717, 1.165) is 13.8 Å². The van der Waals surface area contributed by atoms with Gasteiger partial charge < -0.3 is 21.1 Å². The van der Waals surface area contributed by atoms with Gasteiger partial charge in [-0.15, -0.1) is 0 Å². The number of pyridine rings is 1. The molecule has 2 aromatic rings. The topological polar surface area (TPSA) is 111 Å². The van der Waals surface area contributed by atoms with Crippen molar-refractivity contribution in [1.29, 1.82) is 0 Å². The number of rotatable bonds is 6. The quantitative estimate of drug-likeness (QED) is 0.440. The number of hydrogen-bond donors (Lipinski definition) is 3. The van der Waals surface area contributed by atoms with E-state index in [1.807, 2.05) is 10.6 Å². The largest absolute Gasteiger partial charge is 0.494 e. The number of aromatic nitrogens is 4. The number of hydrogen-bond acceptors (Lipinski definition) is 8. The van der Waals surface area contributed by atoms with Gasteiger partial charge in [0, 0.05) is 6.07 Å². The summed E-state index contributed by atoms with van der Waals surface area (Å²) in [5, 5.41) is 3.73. The Morgan fingerprint density at radius 1 is 0.933 bits per heavy atom. The molecule has 166 valence electrons. The van der Waals surface area contributed by atoms with Crippen molar-refractivity contribution in [3.05, 3.63) is 11.2 Å². The Labute approximate surface area is 171 Å². The Bertz CT molecular complexity index is 868. The Morgan fingerprint density at radius 2 is 1.40 bits per heavy atom. The van der Waals surface area contributed by atoms with Gasteiger partial charge in [0.2, 0.25) is 11.9 Å². The van der Waals surface area contributed by atoms with Crippen LogP contribution in [-0.4, -0.2) is 51.5 Å². The van der Waals surface area contributed by atoms with Crippen LogP contribution in [-0.2, 0) is 0 Å². The van der Waals surface area contributed by atoms with Crippen molar-refractivity contribution in [3.63, 3.8) is 0 Å². The molecule has 30 heavy (non-hydrogen) atoms. The molecule has 0 aliphatic rings. The third kappa shape index (κ3) is 5.64. The maximum absolute atomic E-state index is 12.9. The molecule has 0 fully saturated rings. The van der Waals surface area contributed by atoms with Gasteiger partial charge in [-0.2, -0.15) is 41.3 Å². The lowest BCUT2D eigenvalue weighted by atomic mass is 10.3. The second-order valence-electron chi connectivity index (χ2n) is 6.04. The van der Waals surface area contributed by atoms with E-state index in [0.29, 0.717) is 0 Å². The van der Waals surface area contributed by atoms with E-state index >= 15 is 0 Å². The maximum Gasteiger partial charge on any atom is 0.408 e. The number of ether oxygens (including phenoxy) is 1. The first-order chi connectivity index (χ1) is 13.7. The monoisotopic (exact) mass is 459 g/mol. The van der Waals surface area contributed by atoms with Crippen LogP contribution in [0.4, 0.5) is 43.9 Å². The van der Waals surface area contributed by atoms with Crippen molar-refractivity contribution in [2.75, 3.05) is 23.5 Å². The smallest absolute Gasteiger partial charge is 0.408 e. The van der Waals surface area contributed by atoms with Crippen LogP contribution in [0.3, 0.4) is 0 Å². The van der Waals surface area contributed by atoms with Gasteiger partial charge in [0.1, 0.15) is 29.2 Å². The Kier molecular flexibility index (Phi) is 6.69. The summed E-state index contributed by atoms with van der Waals surface area (Å²) in [6, 6.07) is -2.97. The van der Waals surface area contributed by atoms with Crippen molar-refractivity contribution in [2.24, 2.45) is 0 Å². The first kappa shape index (κ1) is 23.5. The molecule has 0 amide bonds. The fraction of sp³-hybridized carbons (Fsp3) is 0.467. The van der Waals surface area contributed by atoms with Crippen molar-refractivity contribution in [3.8, 4) is 17.3 Å². The zero-order valence-electron chi connectivity index (χ0n) is 15.7. The molecule has 8 nitrogen and oxygen atoms in total. The van der Waals surface area contributed by atoms with Gasteiger partial charge in [0.05, 0.1) is 7.11 Å². The summed E-state index contributed by atoms with van der Waals surface area (Å²) in [5.41, 5.74) is 5.54. The standard InChI is InChI=1S/C15H16ClF6N7O/c1-5(14(17,18)19)24-12-27-11(7-4-8(30-3)9(23)10(16)26-7)28-13(29-12)25-6(2)15(20,21)22/h4-6H,23H2,1-3H3,(H2,24,25,27,28,29). The summed E-state index contributed by atoms with van der Waals surface area (Å²) in [5.74, 6) is -1.56. The number of alkyl halides is 6. The molecule has 0 bridgehead atoms. The van der Waals surface area contributed by atoms with Gasteiger partial charge in [0.15, 0.2) is 11.0 Å². The molecule has 0 radical (unpaired) electrons. The zero-order valence-corrected chi connectivity index (χ0v) is 16.4. The molecule has 15 heteroatoms. The highest BCUT2D eigenvalue weighted by molar-refractivity contribution is 6.32. The average molecular weight is 460 g/mol. The molecular weight excluding hydrogens is 444 g/mol. The van der Waals surface area contributed by atoms with Gasteiger partial charge in [-0.25, -0.2) is 4.98 Å². The molecule has 2 aromatic heterocycles. The van der Waals surface area contributed by atoms with Gasteiger partial charge >= 0.3 is 12.4 Å². The van der Waals surface area contributed by atoms with Crippen LogP contribution in [0.15, 0.2) is 6.07 Å². The first-order valence-electron chi connectivity index (χ1n) is 8.15. The van der Waals surface area contributed by atoms with Crippen molar-refractivity contribution in [2.45, 2.75) is 38.3 Å².